The van der Waals surface area contributed by atoms with Crippen molar-refractivity contribution in [1.29, 1.82) is 0 Å². The maximum Gasteiger partial charge on any atom is 0.119 e. The van der Waals surface area contributed by atoms with Gasteiger partial charge in [0, 0.05) is 30.1 Å². The molecule has 0 aliphatic rings. The third-order valence-corrected chi connectivity index (χ3v) is 4.97. The normalized spacial score (nSPS) is 10.6. The zero-order valence-corrected chi connectivity index (χ0v) is 17.5. The predicted molar refractivity (Wildman–Crippen MR) is 121 cm³/mol. The molecule has 3 heteroatoms. The SMILES string of the molecule is CCCNCc1ccc(C#CCCCCc2cccc(OC)c2)c2cccnc12. The van der Waals surface area contributed by atoms with Gasteiger partial charge in [0.1, 0.15) is 5.75 Å². The van der Waals surface area contributed by atoms with E-state index in [0.717, 1.165) is 67.4 Å². The third-order valence-electron chi connectivity index (χ3n) is 4.97. The summed E-state index contributed by atoms with van der Waals surface area (Å²) in [6.45, 7) is 4.05. The fourth-order valence-electron chi connectivity index (χ4n) is 3.41. The number of ether oxygens (including phenoxy) is 1. The Balaban J connectivity index is 1.58. The zero-order valence-electron chi connectivity index (χ0n) is 17.5. The van der Waals surface area contributed by atoms with Crippen LogP contribution in [-0.4, -0.2) is 18.6 Å². The van der Waals surface area contributed by atoms with Gasteiger partial charge in [0.25, 0.3) is 0 Å². The van der Waals surface area contributed by atoms with Gasteiger partial charge in [-0.25, -0.2) is 0 Å². The van der Waals surface area contributed by atoms with E-state index in [4.69, 9.17) is 4.74 Å². The summed E-state index contributed by atoms with van der Waals surface area (Å²) in [4.78, 5) is 4.61. The molecule has 1 N–H and O–H groups in total. The Labute approximate surface area is 174 Å². The van der Waals surface area contributed by atoms with Gasteiger partial charge in [-0.2, -0.15) is 0 Å². The molecule has 1 heterocycles. The highest BCUT2D eigenvalue weighted by Gasteiger charge is 2.05. The molecular weight excluding hydrogens is 356 g/mol. The predicted octanol–water partition coefficient (Wildman–Crippen LogP) is 5.51. The number of aryl methyl sites for hydroxylation is 1. The second-order valence-corrected chi connectivity index (χ2v) is 7.21. The maximum absolute atomic E-state index is 5.29. The quantitative estimate of drug-likeness (QED) is 0.389. The summed E-state index contributed by atoms with van der Waals surface area (Å²) in [7, 11) is 1.71. The molecule has 29 heavy (non-hydrogen) atoms. The van der Waals surface area contributed by atoms with Crippen LogP contribution in [-0.2, 0) is 13.0 Å². The maximum atomic E-state index is 5.29. The zero-order chi connectivity index (χ0) is 20.3. The lowest BCUT2D eigenvalue weighted by Gasteiger charge is -2.08. The van der Waals surface area contributed by atoms with Gasteiger partial charge in [-0.3, -0.25) is 4.98 Å². The van der Waals surface area contributed by atoms with E-state index in [2.05, 4.69) is 65.5 Å². The molecule has 3 aromatic rings. The van der Waals surface area contributed by atoms with Crippen molar-refractivity contribution in [2.45, 2.75) is 45.6 Å². The van der Waals surface area contributed by atoms with E-state index in [9.17, 15) is 0 Å². The van der Waals surface area contributed by atoms with Crippen molar-refractivity contribution in [1.82, 2.24) is 10.3 Å². The molecule has 0 atom stereocenters. The van der Waals surface area contributed by atoms with Crippen LogP contribution < -0.4 is 10.1 Å². The minimum Gasteiger partial charge on any atom is -0.497 e. The second kappa shape index (κ2) is 11.2. The molecule has 150 valence electrons. The Morgan fingerprint density at radius 3 is 2.86 bits per heavy atom. The first-order chi connectivity index (χ1) is 14.3. The first kappa shape index (κ1) is 20.9. The fourth-order valence-corrected chi connectivity index (χ4v) is 3.41. The summed E-state index contributed by atoms with van der Waals surface area (Å²) < 4.78 is 5.29. The summed E-state index contributed by atoms with van der Waals surface area (Å²) in [5.74, 6) is 7.65. The molecule has 0 amide bonds. The van der Waals surface area contributed by atoms with E-state index in [0.29, 0.717) is 0 Å². The van der Waals surface area contributed by atoms with Gasteiger partial charge in [-0.15, -0.1) is 0 Å². The third kappa shape index (κ3) is 6.07. The van der Waals surface area contributed by atoms with Crippen molar-refractivity contribution >= 4 is 10.9 Å². The number of nitrogens with zero attached hydrogens (tertiary/aromatic N) is 1. The first-order valence-corrected chi connectivity index (χ1v) is 10.5. The van der Waals surface area contributed by atoms with Gasteiger partial charge in [0.2, 0.25) is 0 Å². The molecule has 0 spiro atoms. The van der Waals surface area contributed by atoms with E-state index in [1.807, 2.05) is 18.3 Å². The average molecular weight is 387 g/mol. The Hall–Kier alpha value is -2.83. The molecule has 0 fully saturated rings. The molecule has 0 saturated heterocycles. The topological polar surface area (TPSA) is 34.1 Å². The molecular formula is C26H30N2O. The van der Waals surface area contributed by atoms with Crippen LogP contribution in [0.2, 0.25) is 0 Å². The number of fused-ring (bicyclic) bond motifs is 1. The lowest BCUT2D eigenvalue weighted by Crippen LogP contribution is -2.14. The molecule has 0 radical (unpaired) electrons. The van der Waals surface area contributed by atoms with E-state index >= 15 is 0 Å². The van der Waals surface area contributed by atoms with Gasteiger partial charge in [0.15, 0.2) is 0 Å². The number of hydrogen-bond donors (Lipinski definition) is 1. The Morgan fingerprint density at radius 2 is 2.00 bits per heavy atom. The number of benzene rings is 2. The van der Waals surface area contributed by atoms with E-state index in [1.54, 1.807) is 7.11 Å². The van der Waals surface area contributed by atoms with Crippen LogP contribution in [0.15, 0.2) is 54.7 Å². The molecule has 0 saturated carbocycles. The largest absolute Gasteiger partial charge is 0.497 e. The lowest BCUT2D eigenvalue weighted by atomic mass is 10.0. The smallest absolute Gasteiger partial charge is 0.119 e. The van der Waals surface area contributed by atoms with Crippen LogP contribution in [0.5, 0.6) is 5.75 Å². The summed E-state index contributed by atoms with van der Waals surface area (Å²) in [6.07, 6.45) is 7.19. The van der Waals surface area contributed by atoms with Crippen molar-refractivity contribution in [2.24, 2.45) is 0 Å². The molecule has 3 rings (SSSR count). The van der Waals surface area contributed by atoms with Crippen molar-refractivity contribution < 1.29 is 4.74 Å². The van der Waals surface area contributed by atoms with E-state index in [-0.39, 0.29) is 0 Å². The van der Waals surface area contributed by atoms with Gasteiger partial charge in [-0.05, 0) is 67.6 Å². The molecule has 0 aliphatic carbocycles. The van der Waals surface area contributed by atoms with E-state index < -0.39 is 0 Å². The van der Waals surface area contributed by atoms with Crippen molar-refractivity contribution in [2.75, 3.05) is 13.7 Å². The number of nitrogens with one attached hydrogen (secondary N) is 1. The highest BCUT2D eigenvalue weighted by atomic mass is 16.5. The second-order valence-electron chi connectivity index (χ2n) is 7.21. The van der Waals surface area contributed by atoms with Crippen LogP contribution in [0, 0.1) is 11.8 Å². The number of methoxy groups -OCH3 is 1. The monoisotopic (exact) mass is 386 g/mol. The first-order valence-electron chi connectivity index (χ1n) is 10.5. The standard InChI is InChI=1S/C26H30N2O/c1-3-17-27-20-23-16-15-22(25-14-9-18-28-26(23)25)12-7-5-4-6-10-21-11-8-13-24(19-21)29-2/h8-9,11,13-16,18-19,27H,3-6,10,17,20H2,1-2H3. The van der Waals surface area contributed by atoms with Gasteiger partial charge >= 0.3 is 0 Å². The van der Waals surface area contributed by atoms with Gasteiger partial charge < -0.3 is 10.1 Å². The highest BCUT2D eigenvalue weighted by Crippen LogP contribution is 2.20. The summed E-state index contributed by atoms with van der Waals surface area (Å²) in [5, 5.41) is 4.61. The number of aromatic nitrogens is 1. The minimum atomic E-state index is 0.847. The van der Waals surface area contributed by atoms with Crippen molar-refractivity contribution in [3.63, 3.8) is 0 Å². The van der Waals surface area contributed by atoms with E-state index in [1.165, 1.54) is 11.1 Å². The number of unbranched alkanes of at least 4 members (excludes halogenated alkanes) is 2. The van der Waals surface area contributed by atoms with Crippen LogP contribution >= 0.6 is 0 Å². The molecule has 2 aromatic carbocycles. The number of hydrogen-bond acceptors (Lipinski definition) is 3. The highest BCUT2D eigenvalue weighted by molar-refractivity contribution is 5.87. The molecule has 0 bridgehead atoms. The average Bonchev–Trinajstić information content (AvgIpc) is 2.77. The molecule has 0 unspecified atom stereocenters. The van der Waals surface area contributed by atoms with Crippen molar-refractivity contribution in [3.05, 3.63) is 71.4 Å². The summed E-state index contributed by atoms with van der Waals surface area (Å²) >= 11 is 0. The molecule has 0 aliphatic heterocycles. The minimum absolute atomic E-state index is 0.847. The van der Waals surface area contributed by atoms with Crippen LogP contribution in [0.4, 0.5) is 0 Å². The fraction of sp³-hybridized carbons (Fsp3) is 0.346. The van der Waals surface area contributed by atoms with Crippen molar-refractivity contribution in [3.8, 4) is 17.6 Å². The van der Waals surface area contributed by atoms with Gasteiger partial charge in [0.05, 0.1) is 12.6 Å². The lowest BCUT2D eigenvalue weighted by molar-refractivity contribution is 0.414. The number of rotatable bonds is 9. The molecule has 1 aromatic heterocycles. The Morgan fingerprint density at radius 1 is 1.07 bits per heavy atom. The van der Waals surface area contributed by atoms with Crippen LogP contribution in [0.1, 0.15) is 49.3 Å². The molecule has 3 nitrogen and oxygen atoms in total. The summed E-state index contributed by atoms with van der Waals surface area (Å²) in [5.41, 5.74) is 4.68. The summed E-state index contributed by atoms with van der Waals surface area (Å²) in [6, 6.07) is 16.7. The van der Waals surface area contributed by atoms with Crippen LogP contribution in [0.25, 0.3) is 10.9 Å². The number of pyridine rings is 1. The van der Waals surface area contributed by atoms with Gasteiger partial charge in [-0.1, -0.05) is 43.0 Å². The Kier molecular flexibility index (Phi) is 8.10. The Bertz CT molecular complexity index is 985. The van der Waals surface area contributed by atoms with Crippen LogP contribution in [0.3, 0.4) is 0 Å².